The van der Waals surface area contributed by atoms with Gasteiger partial charge in [-0.25, -0.2) is 14.4 Å². The van der Waals surface area contributed by atoms with Crippen molar-refractivity contribution in [2.45, 2.75) is 44.6 Å². The molecule has 1 fully saturated rings. The number of amides is 2. The molecule has 176 valence electrons. The van der Waals surface area contributed by atoms with E-state index in [2.05, 4.69) is 20.6 Å². The predicted molar refractivity (Wildman–Crippen MR) is 122 cm³/mol. The molecule has 1 saturated carbocycles. The average Bonchev–Trinajstić information content (AvgIpc) is 3.62. The first-order valence-electron chi connectivity index (χ1n) is 10.9. The number of nitrogens with zero attached hydrogens (tertiary/aromatic N) is 2. The maximum Gasteiger partial charge on any atom is 0.255 e. The number of halogens is 1. The number of alkyl halides is 1. The summed E-state index contributed by atoms with van der Waals surface area (Å²) < 4.78 is 23.7. The van der Waals surface area contributed by atoms with Crippen LogP contribution in [0, 0.1) is 0 Å². The fourth-order valence-electron chi connectivity index (χ4n) is 3.39. The van der Waals surface area contributed by atoms with Crippen molar-refractivity contribution in [3.05, 3.63) is 78.4 Å². The normalized spacial score (nSPS) is 15.5. The molecule has 0 saturated heterocycles. The third-order valence-electron chi connectivity index (χ3n) is 5.45. The molecular weight excluding hydrogens is 439 g/mol. The van der Waals surface area contributed by atoms with Gasteiger partial charge in [0.2, 0.25) is 12.3 Å². The van der Waals surface area contributed by atoms with Crippen LogP contribution in [-0.2, 0) is 4.79 Å². The van der Waals surface area contributed by atoms with Crippen molar-refractivity contribution in [2.75, 3.05) is 0 Å². The third-order valence-corrected chi connectivity index (χ3v) is 5.45. The van der Waals surface area contributed by atoms with Crippen LogP contribution in [0.15, 0.2) is 67.3 Å². The Balaban J connectivity index is 1.32. The summed E-state index contributed by atoms with van der Waals surface area (Å²) in [7, 11) is 0. The van der Waals surface area contributed by atoms with E-state index in [9.17, 15) is 14.0 Å². The molecule has 1 aliphatic carbocycles. The molecule has 0 aliphatic heterocycles. The quantitative estimate of drug-likeness (QED) is 0.494. The zero-order valence-corrected chi connectivity index (χ0v) is 18.8. The van der Waals surface area contributed by atoms with Crippen LogP contribution >= 0.6 is 0 Å². The molecule has 34 heavy (non-hydrogen) atoms. The molecule has 8 nitrogen and oxygen atoms in total. The highest BCUT2D eigenvalue weighted by Crippen LogP contribution is 2.36. The lowest BCUT2D eigenvalue weighted by Gasteiger charge is -2.21. The highest BCUT2D eigenvalue weighted by molar-refractivity contribution is 6.00. The topological polar surface area (TPSA) is 102 Å². The summed E-state index contributed by atoms with van der Waals surface area (Å²) in [5, 5.41) is 5.79. The largest absolute Gasteiger partial charge is 0.461 e. The van der Waals surface area contributed by atoms with Gasteiger partial charge in [0.15, 0.2) is 0 Å². The number of aromatic nitrogens is 2. The highest BCUT2D eigenvalue weighted by Gasteiger charge is 2.51. The van der Waals surface area contributed by atoms with E-state index < -0.39 is 11.9 Å². The molecule has 1 aromatic heterocycles. The van der Waals surface area contributed by atoms with E-state index in [4.69, 9.17) is 9.47 Å². The van der Waals surface area contributed by atoms with Gasteiger partial charge < -0.3 is 20.1 Å². The van der Waals surface area contributed by atoms with Crippen molar-refractivity contribution in [1.29, 1.82) is 0 Å². The van der Waals surface area contributed by atoms with Crippen molar-refractivity contribution in [2.24, 2.45) is 0 Å². The lowest BCUT2D eigenvalue weighted by Crippen LogP contribution is -2.49. The van der Waals surface area contributed by atoms with Crippen molar-refractivity contribution < 1.29 is 23.5 Å². The van der Waals surface area contributed by atoms with Crippen molar-refractivity contribution in [1.82, 2.24) is 20.6 Å². The van der Waals surface area contributed by atoms with Gasteiger partial charge in [0, 0.05) is 19.3 Å². The summed E-state index contributed by atoms with van der Waals surface area (Å²) >= 11 is 0. The molecular formula is C25H25FN4O4. The molecule has 0 radical (unpaired) electrons. The molecule has 2 N–H and O–H groups in total. The number of ether oxygens (including phenoxy) is 2. The van der Waals surface area contributed by atoms with E-state index in [1.165, 1.54) is 25.6 Å². The lowest BCUT2D eigenvalue weighted by molar-refractivity contribution is -0.124. The van der Waals surface area contributed by atoms with Crippen LogP contribution < -0.4 is 20.1 Å². The number of nitrogens with one attached hydrogen (secondary N) is 2. The molecule has 9 heteroatoms. The van der Waals surface area contributed by atoms with Gasteiger partial charge in [-0.3, -0.25) is 9.59 Å². The summed E-state index contributed by atoms with van der Waals surface area (Å²) in [5.41, 5.74) is 0.296. The number of carbonyl (C=O) groups is 2. The van der Waals surface area contributed by atoms with Crippen LogP contribution in [0.2, 0.25) is 0 Å². The Kier molecular flexibility index (Phi) is 6.72. The summed E-state index contributed by atoms with van der Waals surface area (Å²) in [4.78, 5) is 32.9. The molecule has 2 amide bonds. The number of carbonyl (C=O) groups excluding carboxylic acids is 2. The van der Waals surface area contributed by atoms with Gasteiger partial charge in [0.05, 0.1) is 11.6 Å². The third kappa shape index (κ3) is 5.67. The number of hydrogen-bond acceptors (Lipinski definition) is 6. The SMILES string of the molecule is CC(F)Oc1ccc(Oc2ccc(C(C)NC(=O)C3(NC(=O)c4cncnc4)CC3)cc2)cc1. The Morgan fingerprint density at radius 3 is 2.06 bits per heavy atom. The number of hydrogen-bond donors (Lipinski definition) is 2. The van der Waals surface area contributed by atoms with Crippen LogP contribution in [0.3, 0.4) is 0 Å². The van der Waals surface area contributed by atoms with E-state index in [-0.39, 0.29) is 17.9 Å². The van der Waals surface area contributed by atoms with Gasteiger partial charge in [0.25, 0.3) is 5.91 Å². The number of benzene rings is 2. The predicted octanol–water partition coefficient (Wildman–Crippen LogP) is 4.10. The Morgan fingerprint density at radius 1 is 0.941 bits per heavy atom. The van der Waals surface area contributed by atoms with Crippen molar-refractivity contribution in [3.63, 3.8) is 0 Å². The highest BCUT2D eigenvalue weighted by atomic mass is 19.1. The minimum atomic E-state index is -1.38. The molecule has 0 bridgehead atoms. The maximum atomic E-state index is 12.9. The Labute approximate surface area is 196 Å². The Bertz CT molecular complexity index is 1130. The monoisotopic (exact) mass is 464 g/mol. The van der Waals surface area contributed by atoms with Crippen molar-refractivity contribution >= 4 is 11.8 Å². The molecule has 3 aromatic rings. The van der Waals surface area contributed by atoms with Crippen molar-refractivity contribution in [3.8, 4) is 17.2 Å². The van der Waals surface area contributed by atoms with Crippen LogP contribution in [0.5, 0.6) is 17.2 Å². The first kappa shape index (κ1) is 23.2. The van der Waals surface area contributed by atoms with E-state index in [0.29, 0.717) is 35.7 Å². The van der Waals surface area contributed by atoms with Gasteiger partial charge in [-0.1, -0.05) is 12.1 Å². The van der Waals surface area contributed by atoms with Crippen LogP contribution in [-0.4, -0.2) is 33.7 Å². The second-order valence-corrected chi connectivity index (χ2v) is 8.16. The lowest BCUT2D eigenvalue weighted by atomic mass is 10.1. The van der Waals surface area contributed by atoms with Crippen LogP contribution in [0.25, 0.3) is 0 Å². The first-order chi connectivity index (χ1) is 16.3. The number of rotatable bonds is 9. The fraction of sp³-hybridized carbons (Fsp3) is 0.280. The zero-order valence-electron chi connectivity index (χ0n) is 18.8. The summed E-state index contributed by atoms with van der Waals surface area (Å²) in [6.07, 6.45) is 3.93. The minimum Gasteiger partial charge on any atom is -0.461 e. The maximum absolute atomic E-state index is 12.9. The molecule has 1 heterocycles. The van der Waals surface area contributed by atoms with Gasteiger partial charge in [0.1, 0.15) is 29.1 Å². The van der Waals surface area contributed by atoms with Crippen LogP contribution in [0.4, 0.5) is 4.39 Å². The minimum absolute atomic E-state index is 0.226. The van der Waals surface area contributed by atoms with Gasteiger partial charge in [-0.05, 0) is 61.7 Å². The molecule has 2 aromatic carbocycles. The molecule has 0 spiro atoms. The average molecular weight is 464 g/mol. The fourth-order valence-corrected chi connectivity index (χ4v) is 3.39. The van der Waals surface area contributed by atoms with E-state index in [1.54, 1.807) is 36.4 Å². The van der Waals surface area contributed by atoms with E-state index >= 15 is 0 Å². The van der Waals surface area contributed by atoms with Gasteiger partial charge in [-0.15, -0.1) is 0 Å². The van der Waals surface area contributed by atoms with Crippen LogP contribution in [0.1, 0.15) is 48.7 Å². The Hall–Kier alpha value is -4.01. The summed E-state index contributed by atoms with van der Waals surface area (Å²) in [6, 6.07) is 13.7. The Morgan fingerprint density at radius 2 is 1.50 bits per heavy atom. The summed E-state index contributed by atoms with van der Waals surface area (Å²) in [6.45, 7) is 3.19. The first-order valence-corrected chi connectivity index (χ1v) is 10.9. The second kappa shape index (κ2) is 9.86. The molecule has 4 rings (SSSR count). The molecule has 1 aliphatic rings. The standard InChI is InChI=1S/C25H25FN4O4/c1-16(29-24(32)25(11-12-25)30-23(31)19-13-27-15-28-14-19)18-3-5-21(6-4-18)34-22-9-7-20(8-10-22)33-17(2)26/h3-10,13-17H,11-12H2,1-2H3,(H,29,32)(H,30,31). The smallest absolute Gasteiger partial charge is 0.255 e. The second-order valence-electron chi connectivity index (χ2n) is 8.16. The van der Waals surface area contributed by atoms with Gasteiger partial charge in [-0.2, -0.15) is 0 Å². The molecule has 2 atom stereocenters. The van der Waals surface area contributed by atoms with E-state index in [1.807, 2.05) is 19.1 Å². The summed E-state index contributed by atoms with van der Waals surface area (Å²) in [5.74, 6) is 1.02. The van der Waals surface area contributed by atoms with E-state index in [0.717, 1.165) is 5.56 Å². The molecule has 2 unspecified atom stereocenters. The zero-order chi connectivity index (χ0) is 24.1. The van der Waals surface area contributed by atoms with Gasteiger partial charge >= 0.3 is 0 Å².